The van der Waals surface area contributed by atoms with E-state index in [2.05, 4.69) is 10.9 Å². The van der Waals surface area contributed by atoms with Crippen LogP contribution in [0.15, 0.2) is 60.7 Å². The van der Waals surface area contributed by atoms with E-state index in [4.69, 9.17) is 0 Å². The van der Waals surface area contributed by atoms with E-state index >= 15 is 0 Å². The predicted molar refractivity (Wildman–Crippen MR) is 101 cm³/mol. The summed E-state index contributed by atoms with van der Waals surface area (Å²) >= 11 is 0. The molecule has 0 aliphatic rings. The number of nitro groups is 1. The van der Waals surface area contributed by atoms with Gasteiger partial charge in [0.2, 0.25) is 0 Å². The SMILES string of the molecule is Cc1ccc([N+](=O)[O-])cc1C(=O)NNC(C)c1cccc2ccccc12. The first-order chi connectivity index (χ1) is 12.5. The first kappa shape index (κ1) is 17.6. The normalized spacial score (nSPS) is 11.9. The van der Waals surface area contributed by atoms with Crippen LogP contribution >= 0.6 is 0 Å². The van der Waals surface area contributed by atoms with Crippen molar-refractivity contribution in [2.75, 3.05) is 0 Å². The summed E-state index contributed by atoms with van der Waals surface area (Å²) in [6.45, 7) is 3.69. The van der Waals surface area contributed by atoms with Gasteiger partial charge in [-0.1, -0.05) is 48.5 Å². The van der Waals surface area contributed by atoms with Crippen molar-refractivity contribution in [3.63, 3.8) is 0 Å². The molecule has 0 aromatic heterocycles. The molecule has 1 unspecified atom stereocenters. The van der Waals surface area contributed by atoms with Gasteiger partial charge in [-0.3, -0.25) is 20.3 Å². The summed E-state index contributed by atoms with van der Waals surface area (Å²) in [5, 5.41) is 13.2. The van der Waals surface area contributed by atoms with E-state index in [9.17, 15) is 14.9 Å². The van der Waals surface area contributed by atoms with E-state index < -0.39 is 10.8 Å². The van der Waals surface area contributed by atoms with Gasteiger partial charge in [0.25, 0.3) is 11.6 Å². The van der Waals surface area contributed by atoms with E-state index in [1.807, 2.05) is 49.4 Å². The molecule has 0 heterocycles. The van der Waals surface area contributed by atoms with Gasteiger partial charge in [-0.25, -0.2) is 5.43 Å². The highest BCUT2D eigenvalue weighted by Crippen LogP contribution is 2.24. The summed E-state index contributed by atoms with van der Waals surface area (Å²) < 4.78 is 0. The third-order valence-corrected chi connectivity index (χ3v) is 4.37. The number of hydrazine groups is 1. The minimum absolute atomic E-state index is 0.108. The van der Waals surface area contributed by atoms with Gasteiger partial charge < -0.3 is 0 Å². The fraction of sp³-hybridized carbons (Fsp3) is 0.150. The van der Waals surface area contributed by atoms with Crippen LogP contribution in [-0.2, 0) is 0 Å². The molecule has 0 bridgehead atoms. The zero-order valence-corrected chi connectivity index (χ0v) is 14.5. The Bertz CT molecular complexity index is 980. The van der Waals surface area contributed by atoms with Crippen molar-refractivity contribution in [1.82, 2.24) is 10.9 Å². The average Bonchev–Trinajstić information content (AvgIpc) is 2.65. The topological polar surface area (TPSA) is 84.3 Å². The molecule has 26 heavy (non-hydrogen) atoms. The number of carbonyl (C=O) groups is 1. The molecule has 1 atom stereocenters. The molecule has 0 aliphatic carbocycles. The Balaban J connectivity index is 1.77. The van der Waals surface area contributed by atoms with Crippen LogP contribution in [0, 0.1) is 17.0 Å². The Morgan fingerprint density at radius 2 is 1.81 bits per heavy atom. The Morgan fingerprint density at radius 3 is 2.58 bits per heavy atom. The average molecular weight is 349 g/mol. The second-order valence-electron chi connectivity index (χ2n) is 6.14. The highest BCUT2D eigenvalue weighted by molar-refractivity contribution is 5.96. The maximum absolute atomic E-state index is 12.4. The van der Waals surface area contributed by atoms with E-state index in [1.165, 1.54) is 12.1 Å². The Hall–Kier alpha value is -3.25. The molecular weight excluding hydrogens is 330 g/mol. The van der Waals surface area contributed by atoms with Crippen LogP contribution in [-0.4, -0.2) is 10.8 Å². The van der Waals surface area contributed by atoms with Crippen molar-refractivity contribution < 1.29 is 9.72 Å². The number of amides is 1. The minimum atomic E-state index is -0.512. The van der Waals surface area contributed by atoms with Gasteiger partial charge in [-0.15, -0.1) is 0 Å². The number of hydrogen-bond donors (Lipinski definition) is 2. The summed E-state index contributed by atoms with van der Waals surface area (Å²) in [7, 11) is 0. The van der Waals surface area contributed by atoms with Gasteiger partial charge in [0.05, 0.1) is 10.5 Å². The smallest absolute Gasteiger partial charge is 0.270 e. The van der Waals surface area contributed by atoms with Gasteiger partial charge >= 0.3 is 0 Å². The van der Waals surface area contributed by atoms with Gasteiger partial charge in [-0.2, -0.15) is 0 Å². The fourth-order valence-corrected chi connectivity index (χ4v) is 2.92. The van der Waals surface area contributed by atoms with Crippen LogP contribution in [0.3, 0.4) is 0 Å². The third kappa shape index (κ3) is 3.55. The maximum atomic E-state index is 12.4. The largest absolute Gasteiger partial charge is 0.287 e. The first-order valence-electron chi connectivity index (χ1n) is 8.26. The summed E-state index contributed by atoms with van der Waals surface area (Å²) in [6.07, 6.45) is 0. The lowest BCUT2D eigenvalue weighted by Gasteiger charge is -2.17. The number of rotatable bonds is 5. The Morgan fingerprint density at radius 1 is 1.08 bits per heavy atom. The quantitative estimate of drug-likeness (QED) is 0.537. The summed E-state index contributed by atoms with van der Waals surface area (Å²) in [5.74, 6) is -0.404. The van der Waals surface area contributed by atoms with Crippen LogP contribution in [0.25, 0.3) is 10.8 Å². The molecule has 3 aromatic carbocycles. The molecule has 0 saturated heterocycles. The fourth-order valence-electron chi connectivity index (χ4n) is 2.92. The molecule has 0 spiro atoms. The van der Waals surface area contributed by atoms with Crippen LogP contribution < -0.4 is 10.9 Å². The Kier molecular flexibility index (Phi) is 4.95. The Labute approximate surface area is 151 Å². The summed E-state index contributed by atoms with van der Waals surface area (Å²) in [4.78, 5) is 22.9. The second-order valence-corrected chi connectivity index (χ2v) is 6.14. The molecular formula is C20H19N3O3. The van der Waals surface area contributed by atoms with E-state index in [0.717, 1.165) is 16.3 Å². The number of non-ortho nitro benzene ring substituents is 1. The lowest BCUT2D eigenvalue weighted by molar-refractivity contribution is -0.384. The van der Waals surface area contributed by atoms with Crippen molar-refractivity contribution >= 4 is 22.4 Å². The zero-order valence-electron chi connectivity index (χ0n) is 14.5. The molecule has 1 amide bonds. The third-order valence-electron chi connectivity index (χ3n) is 4.37. The van der Waals surface area contributed by atoms with Crippen molar-refractivity contribution in [3.05, 3.63) is 87.5 Å². The van der Waals surface area contributed by atoms with E-state index in [1.54, 1.807) is 13.0 Å². The highest BCUT2D eigenvalue weighted by atomic mass is 16.6. The summed E-state index contributed by atoms with van der Waals surface area (Å²) in [5.41, 5.74) is 7.55. The number of nitro benzene ring substituents is 1. The maximum Gasteiger partial charge on any atom is 0.270 e. The number of nitrogens with one attached hydrogen (secondary N) is 2. The van der Waals surface area contributed by atoms with Gasteiger partial charge in [-0.05, 0) is 35.7 Å². The number of aryl methyl sites for hydroxylation is 1. The molecule has 6 nitrogen and oxygen atoms in total. The second kappa shape index (κ2) is 7.33. The van der Waals surface area contributed by atoms with Crippen LogP contribution in [0.5, 0.6) is 0 Å². The number of hydrogen-bond acceptors (Lipinski definition) is 4. The monoisotopic (exact) mass is 349 g/mol. The molecule has 0 saturated carbocycles. The van der Waals surface area contributed by atoms with Gasteiger partial charge in [0.1, 0.15) is 0 Å². The molecule has 2 N–H and O–H groups in total. The minimum Gasteiger partial charge on any atom is -0.287 e. The highest BCUT2D eigenvalue weighted by Gasteiger charge is 2.16. The number of fused-ring (bicyclic) bond motifs is 1. The van der Waals surface area contributed by atoms with Crippen LogP contribution in [0.2, 0.25) is 0 Å². The van der Waals surface area contributed by atoms with Crippen molar-refractivity contribution in [3.8, 4) is 0 Å². The molecule has 0 aliphatic heterocycles. The molecule has 3 rings (SSSR count). The van der Waals surface area contributed by atoms with Crippen molar-refractivity contribution in [1.29, 1.82) is 0 Å². The molecule has 0 radical (unpaired) electrons. The predicted octanol–water partition coefficient (Wildman–Crippen LogP) is 4.05. The van der Waals surface area contributed by atoms with Crippen LogP contribution in [0.1, 0.15) is 34.5 Å². The summed E-state index contributed by atoms with van der Waals surface area (Å²) in [6, 6.07) is 18.2. The molecule has 0 fully saturated rings. The van der Waals surface area contributed by atoms with E-state index in [0.29, 0.717) is 5.56 Å². The molecule has 132 valence electrons. The molecule has 6 heteroatoms. The molecule has 3 aromatic rings. The van der Waals surface area contributed by atoms with Crippen LogP contribution in [0.4, 0.5) is 5.69 Å². The number of nitrogens with zero attached hydrogens (tertiary/aromatic N) is 1. The van der Waals surface area contributed by atoms with Gasteiger partial charge in [0.15, 0.2) is 0 Å². The lowest BCUT2D eigenvalue weighted by Crippen LogP contribution is -2.39. The standard InChI is InChI=1S/C20H19N3O3/c1-13-10-11-16(23(25)26)12-19(13)20(24)22-21-14(2)17-9-5-7-15-6-3-4-8-18(15)17/h3-12,14,21H,1-2H3,(H,22,24). The number of benzene rings is 3. The lowest BCUT2D eigenvalue weighted by atomic mass is 10.0. The first-order valence-corrected chi connectivity index (χ1v) is 8.26. The van der Waals surface area contributed by atoms with Gasteiger partial charge in [0, 0.05) is 18.2 Å². The van der Waals surface area contributed by atoms with Crippen molar-refractivity contribution in [2.45, 2.75) is 19.9 Å². The van der Waals surface area contributed by atoms with Crippen molar-refractivity contribution in [2.24, 2.45) is 0 Å². The number of carbonyl (C=O) groups excluding carboxylic acids is 1. The van der Waals surface area contributed by atoms with E-state index in [-0.39, 0.29) is 17.3 Å². The zero-order chi connectivity index (χ0) is 18.7.